The number of nitrogens with zero attached hydrogens (tertiary/aromatic N) is 2. The molecule has 3 nitrogen and oxygen atoms in total. The lowest BCUT2D eigenvalue weighted by Gasteiger charge is -2.36. The van der Waals surface area contributed by atoms with Gasteiger partial charge in [-0.25, -0.2) is 0 Å². The summed E-state index contributed by atoms with van der Waals surface area (Å²) in [7, 11) is 2.23. The molecule has 0 spiro atoms. The minimum absolute atomic E-state index is 0.180. The van der Waals surface area contributed by atoms with Crippen LogP contribution in [-0.4, -0.2) is 29.0 Å². The maximum Gasteiger partial charge on any atom is 0.0514 e. The molecule has 2 atom stereocenters. The van der Waals surface area contributed by atoms with E-state index in [4.69, 9.17) is 5.73 Å². The van der Waals surface area contributed by atoms with Crippen LogP contribution in [0.25, 0.3) is 0 Å². The molecular weight excluding hydrogens is 222 g/mol. The fraction of sp³-hybridized carbons (Fsp3) is 0.667. The van der Waals surface area contributed by atoms with E-state index in [2.05, 4.69) is 29.9 Å². The van der Waals surface area contributed by atoms with Gasteiger partial charge in [0, 0.05) is 24.5 Å². The van der Waals surface area contributed by atoms with Crippen molar-refractivity contribution >= 4 is 0 Å². The van der Waals surface area contributed by atoms with Crippen LogP contribution < -0.4 is 5.73 Å². The Labute approximate surface area is 110 Å². The summed E-state index contributed by atoms with van der Waals surface area (Å²) < 4.78 is 0. The average Bonchev–Trinajstić information content (AvgIpc) is 2.94. The first kappa shape index (κ1) is 13.5. The molecular formula is C15H25N3. The number of hydrogen-bond acceptors (Lipinski definition) is 3. The van der Waals surface area contributed by atoms with Crippen LogP contribution in [0, 0.1) is 0 Å². The topological polar surface area (TPSA) is 42.1 Å². The van der Waals surface area contributed by atoms with Crippen LogP contribution in [0.5, 0.6) is 0 Å². The second kappa shape index (κ2) is 6.30. The summed E-state index contributed by atoms with van der Waals surface area (Å²) in [5.74, 6) is 0. The van der Waals surface area contributed by atoms with Crippen LogP contribution in [0.15, 0.2) is 24.5 Å². The predicted octanol–water partition coefficient (Wildman–Crippen LogP) is 2.73. The molecule has 1 saturated carbocycles. The third-order valence-corrected chi connectivity index (χ3v) is 4.24. The van der Waals surface area contributed by atoms with Gasteiger partial charge in [0.1, 0.15) is 0 Å². The maximum atomic E-state index is 6.35. The molecule has 1 fully saturated rings. The quantitative estimate of drug-likeness (QED) is 0.870. The van der Waals surface area contributed by atoms with Crippen molar-refractivity contribution in [3.63, 3.8) is 0 Å². The second-order valence-electron chi connectivity index (χ2n) is 5.41. The standard InChI is InChI=1S/C15H25N3/c1-3-14(16)15(12-7-6-10-17-11-12)18(2)13-8-4-5-9-13/h6-7,10-11,13-15H,3-5,8-9,16H2,1-2H3. The predicted molar refractivity (Wildman–Crippen MR) is 75.3 cm³/mol. The molecule has 1 aliphatic carbocycles. The Morgan fingerprint density at radius 3 is 2.72 bits per heavy atom. The number of nitrogens with two attached hydrogens (primary N) is 1. The van der Waals surface area contributed by atoms with E-state index < -0.39 is 0 Å². The van der Waals surface area contributed by atoms with Gasteiger partial charge in [-0.1, -0.05) is 25.8 Å². The van der Waals surface area contributed by atoms with E-state index in [1.54, 1.807) is 0 Å². The highest BCUT2D eigenvalue weighted by molar-refractivity contribution is 5.16. The molecule has 100 valence electrons. The van der Waals surface area contributed by atoms with Gasteiger partial charge in [0.15, 0.2) is 0 Å². The van der Waals surface area contributed by atoms with E-state index >= 15 is 0 Å². The Morgan fingerprint density at radius 2 is 2.17 bits per heavy atom. The Hall–Kier alpha value is -0.930. The van der Waals surface area contributed by atoms with Crippen molar-refractivity contribution in [3.8, 4) is 0 Å². The van der Waals surface area contributed by atoms with Gasteiger partial charge >= 0.3 is 0 Å². The Morgan fingerprint density at radius 1 is 1.44 bits per heavy atom. The van der Waals surface area contributed by atoms with Gasteiger partial charge in [0.05, 0.1) is 6.04 Å². The highest BCUT2D eigenvalue weighted by atomic mass is 15.2. The van der Waals surface area contributed by atoms with Gasteiger partial charge in [-0.05, 0) is 37.9 Å². The summed E-state index contributed by atoms with van der Waals surface area (Å²) in [4.78, 5) is 6.73. The van der Waals surface area contributed by atoms with E-state index in [1.165, 1.54) is 31.2 Å². The number of hydrogen-bond donors (Lipinski definition) is 1. The van der Waals surface area contributed by atoms with Gasteiger partial charge in [0.2, 0.25) is 0 Å². The zero-order chi connectivity index (χ0) is 13.0. The molecule has 0 aromatic carbocycles. The first-order valence-corrected chi connectivity index (χ1v) is 7.11. The molecule has 0 amide bonds. The van der Waals surface area contributed by atoms with Gasteiger partial charge in [0.25, 0.3) is 0 Å². The molecule has 1 aromatic heterocycles. The van der Waals surface area contributed by atoms with Crippen LogP contribution in [0.4, 0.5) is 0 Å². The fourth-order valence-corrected chi connectivity index (χ4v) is 3.10. The normalized spacial score (nSPS) is 20.2. The van der Waals surface area contributed by atoms with Gasteiger partial charge in [-0.2, -0.15) is 0 Å². The maximum absolute atomic E-state index is 6.35. The molecule has 0 aliphatic heterocycles. The lowest BCUT2D eigenvalue weighted by atomic mass is 9.96. The Kier molecular flexibility index (Phi) is 4.72. The molecule has 18 heavy (non-hydrogen) atoms. The van der Waals surface area contributed by atoms with Crippen LogP contribution in [-0.2, 0) is 0 Å². The minimum Gasteiger partial charge on any atom is -0.326 e. The van der Waals surface area contributed by atoms with Crippen molar-refractivity contribution in [2.24, 2.45) is 5.73 Å². The fourth-order valence-electron chi connectivity index (χ4n) is 3.10. The first-order valence-electron chi connectivity index (χ1n) is 7.11. The van der Waals surface area contributed by atoms with E-state index in [9.17, 15) is 0 Å². The highest BCUT2D eigenvalue weighted by Crippen LogP contribution is 2.31. The summed E-state index contributed by atoms with van der Waals surface area (Å²) in [5, 5.41) is 0. The Balaban J connectivity index is 2.19. The monoisotopic (exact) mass is 247 g/mol. The van der Waals surface area contributed by atoms with Crippen LogP contribution >= 0.6 is 0 Å². The number of aromatic nitrogens is 1. The molecule has 1 aromatic rings. The molecule has 3 heteroatoms. The minimum atomic E-state index is 0.180. The molecule has 1 aliphatic rings. The van der Waals surface area contributed by atoms with Crippen molar-refractivity contribution in [2.45, 2.75) is 57.2 Å². The van der Waals surface area contributed by atoms with Crippen molar-refractivity contribution in [1.29, 1.82) is 0 Å². The third kappa shape index (κ3) is 2.90. The summed E-state index contributed by atoms with van der Waals surface area (Å²) in [5.41, 5.74) is 7.60. The van der Waals surface area contributed by atoms with Gasteiger partial charge in [-0.3, -0.25) is 9.88 Å². The lowest BCUT2D eigenvalue weighted by Crippen LogP contribution is -2.43. The molecule has 2 unspecified atom stereocenters. The SMILES string of the molecule is CCC(N)C(c1cccnc1)N(C)C1CCCC1. The van der Waals surface area contributed by atoms with Crippen molar-refractivity contribution in [2.75, 3.05) is 7.05 Å². The van der Waals surface area contributed by atoms with E-state index in [-0.39, 0.29) is 6.04 Å². The summed E-state index contributed by atoms with van der Waals surface area (Å²) in [6, 6.07) is 5.32. The number of likely N-dealkylation sites (N-methyl/N-ethyl adjacent to an activating group) is 1. The van der Waals surface area contributed by atoms with E-state index in [1.807, 2.05) is 18.5 Å². The average molecular weight is 247 g/mol. The van der Waals surface area contributed by atoms with Crippen LogP contribution in [0.2, 0.25) is 0 Å². The lowest BCUT2D eigenvalue weighted by molar-refractivity contribution is 0.150. The number of pyridine rings is 1. The molecule has 0 saturated heterocycles. The van der Waals surface area contributed by atoms with E-state index in [0.29, 0.717) is 12.1 Å². The van der Waals surface area contributed by atoms with E-state index in [0.717, 1.165) is 6.42 Å². The van der Waals surface area contributed by atoms with Gasteiger partial charge < -0.3 is 5.73 Å². The molecule has 0 radical (unpaired) electrons. The zero-order valence-corrected chi connectivity index (χ0v) is 11.5. The molecule has 2 rings (SSSR count). The number of rotatable bonds is 5. The third-order valence-electron chi connectivity index (χ3n) is 4.24. The van der Waals surface area contributed by atoms with Crippen LogP contribution in [0.3, 0.4) is 0 Å². The van der Waals surface area contributed by atoms with Crippen molar-refractivity contribution in [3.05, 3.63) is 30.1 Å². The van der Waals surface area contributed by atoms with Crippen LogP contribution in [0.1, 0.15) is 50.6 Å². The second-order valence-corrected chi connectivity index (χ2v) is 5.41. The smallest absolute Gasteiger partial charge is 0.0514 e. The first-order chi connectivity index (χ1) is 8.74. The molecule has 2 N–H and O–H groups in total. The summed E-state index contributed by atoms with van der Waals surface area (Å²) in [6.07, 6.45) is 10.1. The van der Waals surface area contributed by atoms with Crippen molar-refractivity contribution in [1.82, 2.24) is 9.88 Å². The largest absolute Gasteiger partial charge is 0.326 e. The zero-order valence-electron chi connectivity index (χ0n) is 11.5. The highest BCUT2D eigenvalue weighted by Gasteiger charge is 2.29. The Bertz CT molecular complexity index is 346. The summed E-state index contributed by atoms with van der Waals surface area (Å²) in [6.45, 7) is 2.16. The van der Waals surface area contributed by atoms with Gasteiger partial charge in [-0.15, -0.1) is 0 Å². The summed E-state index contributed by atoms with van der Waals surface area (Å²) >= 11 is 0. The molecule has 0 bridgehead atoms. The molecule has 1 heterocycles. The van der Waals surface area contributed by atoms with Crippen molar-refractivity contribution < 1.29 is 0 Å².